The van der Waals surface area contributed by atoms with Crippen LogP contribution in [-0.4, -0.2) is 50.5 Å². The number of nitrogens with zero attached hydrogens (tertiary/aromatic N) is 1. The highest BCUT2D eigenvalue weighted by Gasteiger charge is 2.34. The summed E-state index contributed by atoms with van der Waals surface area (Å²) in [7, 11) is 1.79. The smallest absolute Gasteiger partial charge is 0.0645 e. The van der Waals surface area contributed by atoms with Gasteiger partial charge in [0.25, 0.3) is 0 Å². The van der Waals surface area contributed by atoms with E-state index in [-0.39, 0.29) is 0 Å². The van der Waals surface area contributed by atoms with Crippen molar-refractivity contribution in [1.82, 2.24) is 4.90 Å². The van der Waals surface area contributed by atoms with Gasteiger partial charge in [-0.05, 0) is 19.4 Å². The average molecular weight is 171 g/mol. The van der Waals surface area contributed by atoms with Crippen LogP contribution in [0.3, 0.4) is 0 Å². The highest BCUT2D eigenvalue weighted by molar-refractivity contribution is 4.87. The molecule has 0 amide bonds. The molecule has 0 N–H and O–H groups in total. The molecule has 0 radical (unpaired) electrons. The van der Waals surface area contributed by atoms with Gasteiger partial charge in [0.2, 0.25) is 0 Å². The summed E-state index contributed by atoms with van der Waals surface area (Å²) in [5.74, 6) is 0. The zero-order valence-corrected chi connectivity index (χ0v) is 7.66. The predicted molar refractivity (Wildman–Crippen MR) is 46.2 cm³/mol. The van der Waals surface area contributed by atoms with Gasteiger partial charge in [0.15, 0.2) is 0 Å². The highest BCUT2D eigenvalue weighted by Crippen LogP contribution is 2.23. The van der Waals surface area contributed by atoms with E-state index in [9.17, 15) is 0 Å². The molecule has 1 unspecified atom stereocenters. The molecule has 2 saturated heterocycles. The van der Waals surface area contributed by atoms with Gasteiger partial charge in [0.05, 0.1) is 25.9 Å². The first-order valence-corrected chi connectivity index (χ1v) is 4.74. The van der Waals surface area contributed by atoms with Gasteiger partial charge in [-0.15, -0.1) is 0 Å². The van der Waals surface area contributed by atoms with Crippen molar-refractivity contribution in [2.24, 2.45) is 0 Å². The molecule has 2 rings (SSSR count). The number of hydrogen-bond acceptors (Lipinski definition) is 3. The van der Waals surface area contributed by atoms with Gasteiger partial charge >= 0.3 is 0 Å². The Morgan fingerprint density at radius 2 is 2.33 bits per heavy atom. The van der Waals surface area contributed by atoms with Gasteiger partial charge in [0, 0.05) is 13.2 Å². The lowest BCUT2D eigenvalue weighted by Gasteiger charge is -2.38. The van der Waals surface area contributed by atoms with Crippen molar-refractivity contribution in [3.8, 4) is 0 Å². The van der Waals surface area contributed by atoms with E-state index in [4.69, 9.17) is 9.47 Å². The Labute approximate surface area is 73.6 Å². The molecule has 0 aromatic heterocycles. The van der Waals surface area contributed by atoms with Crippen LogP contribution in [0.5, 0.6) is 0 Å². The van der Waals surface area contributed by atoms with Gasteiger partial charge in [-0.2, -0.15) is 0 Å². The largest absolute Gasteiger partial charge is 0.383 e. The third-order valence-electron chi connectivity index (χ3n) is 2.87. The topological polar surface area (TPSA) is 21.7 Å². The quantitative estimate of drug-likeness (QED) is 0.617. The van der Waals surface area contributed by atoms with Crippen molar-refractivity contribution in [2.45, 2.75) is 24.9 Å². The molecule has 0 spiro atoms. The van der Waals surface area contributed by atoms with Crippen LogP contribution in [0.4, 0.5) is 0 Å². The molecule has 2 heterocycles. The standard InChI is InChI=1S/C9H17NO2/c1-11-5-8-3-2-4-10(8)9-6-12-7-9/h8-9H,2-7H2,1H3. The van der Waals surface area contributed by atoms with Crippen molar-refractivity contribution in [1.29, 1.82) is 0 Å². The molecule has 0 saturated carbocycles. The normalized spacial score (nSPS) is 32.2. The second-order valence-corrected chi connectivity index (χ2v) is 3.68. The van der Waals surface area contributed by atoms with Crippen LogP contribution in [0.2, 0.25) is 0 Å². The second-order valence-electron chi connectivity index (χ2n) is 3.68. The van der Waals surface area contributed by atoms with E-state index in [2.05, 4.69) is 4.90 Å². The number of rotatable bonds is 3. The molecule has 70 valence electrons. The van der Waals surface area contributed by atoms with Crippen molar-refractivity contribution < 1.29 is 9.47 Å². The number of likely N-dealkylation sites (tertiary alicyclic amines) is 1. The lowest BCUT2D eigenvalue weighted by Crippen LogP contribution is -2.51. The monoisotopic (exact) mass is 171 g/mol. The maximum absolute atomic E-state index is 5.19. The van der Waals surface area contributed by atoms with Crippen molar-refractivity contribution in [3.05, 3.63) is 0 Å². The second kappa shape index (κ2) is 3.73. The molecule has 0 aromatic rings. The summed E-state index contributed by atoms with van der Waals surface area (Å²) >= 11 is 0. The van der Waals surface area contributed by atoms with E-state index in [1.165, 1.54) is 19.4 Å². The van der Waals surface area contributed by atoms with Crippen molar-refractivity contribution in [3.63, 3.8) is 0 Å². The third kappa shape index (κ3) is 1.49. The molecule has 2 aliphatic heterocycles. The minimum atomic E-state index is 0.656. The summed E-state index contributed by atoms with van der Waals surface area (Å²) < 4.78 is 10.4. The molecular weight excluding hydrogens is 154 g/mol. The molecular formula is C9H17NO2. The number of hydrogen-bond donors (Lipinski definition) is 0. The minimum absolute atomic E-state index is 0.656. The minimum Gasteiger partial charge on any atom is -0.383 e. The molecule has 2 fully saturated rings. The molecule has 0 bridgehead atoms. The Hall–Kier alpha value is -0.120. The summed E-state index contributed by atoms with van der Waals surface area (Å²) in [4.78, 5) is 2.55. The molecule has 1 atom stereocenters. The molecule has 12 heavy (non-hydrogen) atoms. The summed E-state index contributed by atoms with van der Waals surface area (Å²) in [6, 6.07) is 1.34. The highest BCUT2D eigenvalue weighted by atomic mass is 16.5. The summed E-state index contributed by atoms with van der Waals surface area (Å²) in [6.07, 6.45) is 2.62. The van der Waals surface area contributed by atoms with Crippen LogP contribution in [0.1, 0.15) is 12.8 Å². The lowest BCUT2D eigenvalue weighted by atomic mass is 10.2. The van der Waals surface area contributed by atoms with E-state index in [1.54, 1.807) is 7.11 Å². The van der Waals surface area contributed by atoms with Crippen LogP contribution < -0.4 is 0 Å². The van der Waals surface area contributed by atoms with E-state index >= 15 is 0 Å². The number of methoxy groups -OCH3 is 1. The van der Waals surface area contributed by atoms with Gasteiger partial charge in [-0.1, -0.05) is 0 Å². The van der Waals surface area contributed by atoms with Crippen molar-refractivity contribution >= 4 is 0 Å². The average Bonchev–Trinajstić information content (AvgIpc) is 2.35. The fourth-order valence-corrected chi connectivity index (χ4v) is 2.12. The Bertz CT molecular complexity index is 147. The SMILES string of the molecule is COCC1CCCN1C1COC1. The summed E-state index contributed by atoms with van der Waals surface area (Å²) in [6.45, 7) is 3.99. The lowest BCUT2D eigenvalue weighted by molar-refractivity contribution is -0.0762. The zero-order valence-electron chi connectivity index (χ0n) is 7.66. The molecule has 0 aromatic carbocycles. The maximum Gasteiger partial charge on any atom is 0.0645 e. The maximum atomic E-state index is 5.19. The summed E-state index contributed by atoms with van der Waals surface area (Å²) in [5.41, 5.74) is 0. The molecule has 0 aliphatic carbocycles. The zero-order chi connectivity index (χ0) is 8.39. The number of ether oxygens (including phenoxy) is 2. The van der Waals surface area contributed by atoms with Crippen LogP contribution in [-0.2, 0) is 9.47 Å². The van der Waals surface area contributed by atoms with E-state index in [0.29, 0.717) is 12.1 Å². The van der Waals surface area contributed by atoms with E-state index in [1.807, 2.05) is 0 Å². The Balaban J connectivity index is 1.85. The van der Waals surface area contributed by atoms with Crippen LogP contribution in [0, 0.1) is 0 Å². The van der Waals surface area contributed by atoms with Crippen LogP contribution in [0.15, 0.2) is 0 Å². The predicted octanol–water partition coefficient (Wildman–Crippen LogP) is 0.496. The summed E-state index contributed by atoms with van der Waals surface area (Å²) in [5, 5.41) is 0. The van der Waals surface area contributed by atoms with E-state index < -0.39 is 0 Å². The van der Waals surface area contributed by atoms with Gasteiger partial charge in [-0.3, -0.25) is 4.90 Å². The van der Waals surface area contributed by atoms with Crippen molar-refractivity contribution in [2.75, 3.05) is 33.5 Å². The Kier molecular flexibility index (Phi) is 2.63. The molecule has 2 aliphatic rings. The first-order chi connectivity index (χ1) is 5.92. The van der Waals surface area contributed by atoms with Gasteiger partial charge in [-0.25, -0.2) is 0 Å². The Morgan fingerprint density at radius 1 is 1.50 bits per heavy atom. The van der Waals surface area contributed by atoms with Gasteiger partial charge in [0.1, 0.15) is 0 Å². The third-order valence-corrected chi connectivity index (χ3v) is 2.87. The fraction of sp³-hybridized carbons (Fsp3) is 1.00. The first-order valence-electron chi connectivity index (χ1n) is 4.74. The molecule has 3 nitrogen and oxygen atoms in total. The fourth-order valence-electron chi connectivity index (χ4n) is 2.12. The van der Waals surface area contributed by atoms with Gasteiger partial charge < -0.3 is 9.47 Å². The van der Waals surface area contributed by atoms with Crippen LogP contribution >= 0.6 is 0 Å². The van der Waals surface area contributed by atoms with E-state index in [0.717, 1.165) is 19.8 Å². The Morgan fingerprint density at radius 3 is 2.92 bits per heavy atom. The van der Waals surface area contributed by atoms with Crippen LogP contribution in [0.25, 0.3) is 0 Å². The first kappa shape index (κ1) is 8.48. The molecule has 3 heteroatoms.